The van der Waals surface area contributed by atoms with Crippen LogP contribution in [-0.2, 0) is 17.6 Å². The second kappa shape index (κ2) is 20.1. The fourth-order valence-electron chi connectivity index (χ4n) is 7.48. The summed E-state index contributed by atoms with van der Waals surface area (Å²) in [5.74, 6) is 2.69. The number of hydrogen-bond acceptors (Lipinski definition) is 11. The number of aliphatic hydroxyl groups excluding tert-OH is 2. The molecule has 4 atom stereocenters. The molecule has 6 rings (SSSR count). The topological polar surface area (TPSA) is 143 Å². The molecule has 60 heavy (non-hydrogen) atoms. The molecule has 328 valence electrons. The van der Waals surface area contributed by atoms with Crippen LogP contribution in [0.4, 0.5) is 16.2 Å². The number of nitrogens with zero attached hydrogens (tertiary/aromatic N) is 1. The molecule has 1 amide bonds. The van der Waals surface area contributed by atoms with Crippen LogP contribution in [0.1, 0.15) is 82.8 Å². The number of amides is 1. The Balaban J connectivity index is 0.000000267. The maximum atomic E-state index is 13.4. The SMILES string of the molecule is CNc1cc2c(cc1OC)[C@H](N(CCc1ccccc1)C(=O)OC(C)(C)C)[C@@H](O)C(C)(C)O2.CNc1cc2c(cc1OC)[C@H](NCCc1ccccc1)[C@@H](O)C(C)(C)O2.Cl. The molecule has 2 heterocycles. The molecule has 0 fully saturated rings. The first-order valence-electron chi connectivity index (χ1n) is 20.3. The minimum absolute atomic E-state index is 0. The van der Waals surface area contributed by atoms with E-state index in [1.807, 2.05) is 128 Å². The molecule has 2 aliphatic rings. The molecule has 0 spiro atoms. The van der Waals surface area contributed by atoms with Crippen molar-refractivity contribution in [1.29, 1.82) is 0 Å². The maximum absolute atomic E-state index is 13.4. The van der Waals surface area contributed by atoms with Crippen molar-refractivity contribution in [3.05, 3.63) is 107 Å². The average molecular weight is 850 g/mol. The van der Waals surface area contributed by atoms with E-state index in [1.54, 1.807) is 26.2 Å². The van der Waals surface area contributed by atoms with Gasteiger partial charge in [-0.2, -0.15) is 0 Å². The number of ether oxygens (including phenoxy) is 5. The van der Waals surface area contributed by atoms with Gasteiger partial charge in [0, 0.05) is 43.9 Å². The van der Waals surface area contributed by atoms with E-state index < -0.39 is 41.1 Å². The molecule has 0 unspecified atom stereocenters. The van der Waals surface area contributed by atoms with E-state index in [0.717, 1.165) is 47.0 Å². The van der Waals surface area contributed by atoms with Crippen molar-refractivity contribution >= 4 is 29.9 Å². The summed E-state index contributed by atoms with van der Waals surface area (Å²) in [5, 5.41) is 32.1. The summed E-state index contributed by atoms with van der Waals surface area (Å²) in [4.78, 5) is 15.0. The van der Waals surface area contributed by atoms with E-state index >= 15 is 0 Å². The van der Waals surface area contributed by atoms with Gasteiger partial charge in [0.1, 0.15) is 52.0 Å². The first-order chi connectivity index (χ1) is 27.9. The molecule has 13 heteroatoms. The number of anilines is 2. The van der Waals surface area contributed by atoms with Gasteiger partial charge in [-0.1, -0.05) is 60.7 Å². The molecule has 12 nitrogen and oxygen atoms in total. The molecular weight excluding hydrogens is 784 g/mol. The summed E-state index contributed by atoms with van der Waals surface area (Å²) < 4.78 is 29.1. The Kier molecular flexibility index (Phi) is 16.0. The fourth-order valence-corrected chi connectivity index (χ4v) is 7.48. The number of benzene rings is 4. The van der Waals surface area contributed by atoms with E-state index in [0.29, 0.717) is 30.0 Å². The molecule has 0 radical (unpaired) electrons. The predicted molar refractivity (Wildman–Crippen MR) is 240 cm³/mol. The van der Waals surface area contributed by atoms with Crippen LogP contribution in [0, 0.1) is 0 Å². The molecule has 0 saturated carbocycles. The highest BCUT2D eigenvalue weighted by Gasteiger charge is 2.48. The number of halogens is 1. The number of rotatable bonds is 12. The third kappa shape index (κ3) is 11.3. The normalized spacial score (nSPS) is 19.6. The highest BCUT2D eigenvalue weighted by molar-refractivity contribution is 5.85. The van der Waals surface area contributed by atoms with E-state index in [-0.39, 0.29) is 18.4 Å². The van der Waals surface area contributed by atoms with E-state index in [2.05, 4.69) is 28.1 Å². The zero-order chi connectivity index (χ0) is 43.1. The zero-order valence-electron chi connectivity index (χ0n) is 36.9. The Morgan fingerprint density at radius 1 is 0.733 bits per heavy atom. The smallest absolute Gasteiger partial charge is 0.410 e. The molecule has 0 aliphatic carbocycles. The average Bonchev–Trinajstić information content (AvgIpc) is 3.20. The van der Waals surface area contributed by atoms with Gasteiger partial charge in [-0.25, -0.2) is 4.79 Å². The number of fused-ring (bicyclic) bond motifs is 2. The number of hydrogen-bond donors (Lipinski definition) is 5. The standard InChI is InChI=1S/C26H36N2O5.C21H28N2O3.ClH/c1-25(2,3)33-24(30)28(14-13-17-11-9-8-10-12-17)22-18-15-21(31-7)19(27-6)16-20(18)32-26(4,5)23(22)29;1-21(2)20(24)19(23-11-10-14-8-6-5-7-9-14)15-12-18(25-4)16(22-3)13-17(15)26-21;/h8-12,15-16,22-23,27,29H,13-14H2,1-7H3;5-9,12-13,19-20,22-24H,10-11H2,1-4H3;1H/t22-,23+;19-,20+;/m00./s1. The van der Waals surface area contributed by atoms with Crippen molar-refractivity contribution in [3.8, 4) is 23.0 Å². The van der Waals surface area contributed by atoms with Gasteiger partial charge in [-0.05, 0) is 91.1 Å². The first-order valence-corrected chi connectivity index (χ1v) is 20.3. The maximum Gasteiger partial charge on any atom is 0.410 e. The third-order valence-corrected chi connectivity index (χ3v) is 10.7. The van der Waals surface area contributed by atoms with Crippen LogP contribution in [0.5, 0.6) is 23.0 Å². The number of carbonyl (C=O) groups excluding carboxylic acids is 1. The fraction of sp³-hybridized carbons (Fsp3) is 0.468. The first kappa shape index (κ1) is 47.8. The van der Waals surface area contributed by atoms with Crippen LogP contribution >= 0.6 is 12.4 Å². The lowest BCUT2D eigenvalue weighted by molar-refractivity contribution is -0.0938. The van der Waals surface area contributed by atoms with Crippen molar-refractivity contribution in [1.82, 2.24) is 10.2 Å². The summed E-state index contributed by atoms with van der Waals surface area (Å²) in [5.41, 5.74) is 3.29. The zero-order valence-corrected chi connectivity index (χ0v) is 37.7. The van der Waals surface area contributed by atoms with Crippen molar-refractivity contribution < 1.29 is 38.7 Å². The van der Waals surface area contributed by atoms with Crippen molar-refractivity contribution in [3.63, 3.8) is 0 Å². The lowest BCUT2D eigenvalue weighted by Gasteiger charge is -2.46. The lowest BCUT2D eigenvalue weighted by Crippen LogP contribution is -2.55. The van der Waals surface area contributed by atoms with Crippen molar-refractivity contribution in [2.75, 3.05) is 52.0 Å². The van der Waals surface area contributed by atoms with Gasteiger partial charge in [0.15, 0.2) is 0 Å². The Morgan fingerprint density at radius 2 is 1.20 bits per heavy atom. The summed E-state index contributed by atoms with van der Waals surface area (Å²) in [6.45, 7) is 14.1. The Bertz CT molecular complexity index is 2010. The lowest BCUT2D eigenvalue weighted by atomic mass is 9.85. The van der Waals surface area contributed by atoms with E-state index in [1.165, 1.54) is 5.56 Å². The monoisotopic (exact) mass is 848 g/mol. The summed E-state index contributed by atoms with van der Waals surface area (Å²) in [7, 11) is 6.88. The predicted octanol–water partition coefficient (Wildman–Crippen LogP) is 8.35. The Morgan fingerprint density at radius 3 is 1.68 bits per heavy atom. The number of carbonyl (C=O) groups is 1. The summed E-state index contributed by atoms with van der Waals surface area (Å²) in [6, 6.07) is 26.9. The quantitative estimate of drug-likeness (QED) is 0.0939. The van der Waals surface area contributed by atoms with Gasteiger partial charge in [0.2, 0.25) is 0 Å². The summed E-state index contributed by atoms with van der Waals surface area (Å²) in [6.07, 6.45) is -0.630. The van der Waals surface area contributed by atoms with Crippen LogP contribution in [0.15, 0.2) is 84.9 Å². The molecule has 0 saturated heterocycles. The Labute approximate surface area is 362 Å². The second-order valence-electron chi connectivity index (χ2n) is 17.0. The molecule has 4 aromatic carbocycles. The van der Waals surface area contributed by atoms with Crippen LogP contribution in [0.2, 0.25) is 0 Å². The van der Waals surface area contributed by atoms with Crippen LogP contribution in [0.25, 0.3) is 0 Å². The third-order valence-electron chi connectivity index (χ3n) is 10.7. The molecule has 5 N–H and O–H groups in total. The molecule has 2 aliphatic heterocycles. The van der Waals surface area contributed by atoms with Crippen LogP contribution in [0.3, 0.4) is 0 Å². The van der Waals surface area contributed by atoms with Crippen molar-refractivity contribution in [2.45, 2.75) is 102 Å². The molecule has 4 aromatic rings. The number of nitrogens with one attached hydrogen (secondary N) is 3. The number of methoxy groups -OCH3 is 2. The van der Waals surface area contributed by atoms with Gasteiger partial charge < -0.3 is 49.8 Å². The van der Waals surface area contributed by atoms with Gasteiger partial charge >= 0.3 is 6.09 Å². The minimum atomic E-state index is -0.988. The van der Waals surface area contributed by atoms with Gasteiger partial charge in [-0.3, -0.25) is 4.90 Å². The molecule has 0 bridgehead atoms. The summed E-state index contributed by atoms with van der Waals surface area (Å²) >= 11 is 0. The largest absolute Gasteiger partial charge is 0.495 e. The molecular formula is C47H65ClN4O8. The second-order valence-corrected chi connectivity index (χ2v) is 17.0. The van der Waals surface area contributed by atoms with Crippen LogP contribution < -0.4 is 34.9 Å². The van der Waals surface area contributed by atoms with Crippen LogP contribution in [-0.4, -0.2) is 91.6 Å². The van der Waals surface area contributed by atoms with E-state index in [9.17, 15) is 15.0 Å². The highest BCUT2D eigenvalue weighted by Crippen LogP contribution is 2.47. The van der Waals surface area contributed by atoms with Gasteiger partial charge in [0.05, 0.1) is 37.7 Å². The number of aliphatic hydroxyl groups is 2. The van der Waals surface area contributed by atoms with Gasteiger partial charge in [-0.15, -0.1) is 12.4 Å². The Hall–Kier alpha value is -4.88. The van der Waals surface area contributed by atoms with Crippen molar-refractivity contribution in [2.24, 2.45) is 0 Å². The van der Waals surface area contributed by atoms with E-state index in [4.69, 9.17) is 23.7 Å². The van der Waals surface area contributed by atoms with Gasteiger partial charge in [0.25, 0.3) is 0 Å². The minimum Gasteiger partial charge on any atom is -0.495 e. The highest BCUT2D eigenvalue weighted by atomic mass is 35.5. The molecule has 0 aromatic heterocycles.